The van der Waals surface area contributed by atoms with E-state index in [1.54, 1.807) is 42.7 Å². The van der Waals surface area contributed by atoms with E-state index in [2.05, 4.69) is 17.2 Å². The fraction of sp³-hybridized carbons (Fsp3) is 0.333. The van der Waals surface area contributed by atoms with E-state index in [0.717, 1.165) is 19.3 Å². The summed E-state index contributed by atoms with van der Waals surface area (Å²) in [6.07, 6.45) is 6.38. The number of carbonyl (C=O) groups is 1. The Bertz CT molecular complexity index is 609. The Labute approximate surface area is 161 Å². The second-order valence-electron chi connectivity index (χ2n) is 5.36. The predicted molar refractivity (Wildman–Crippen MR) is 105 cm³/mol. The van der Waals surface area contributed by atoms with E-state index in [-0.39, 0.29) is 36.8 Å². The van der Waals surface area contributed by atoms with Crippen LogP contribution in [0.15, 0.2) is 48.8 Å². The van der Waals surface area contributed by atoms with Crippen molar-refractivity contribution in [3.63, 3.8) is 0 Å². The van der Waals surface area contributed by atoms with Gasteiger partial charge in [0.2, 0.25) is 0 Å². The first-order valence-electron chi connectivity index (χ1n) is 7.91. The number of carbonyl (C=O) groups excluding carboxylic acids is 1. The Hall–Kier alpha value is -1.82. The molecule has 0 radical (unpaired) electrons. The highest BCUT2D eigenvalue weighted by Gasteiger charge is 2.12. The summed E-state index contributed by atoms with van der Waals surface area (Å²) in [6, 6.07) is 10.7. The van der Waals surface area contributed by atoms with Crippen molar-refractivity contribution in [1.29, 1.82) is 0 Å². The molecule has 0 bridgehead atoms. The summed E-state index contributed by atoms with van der Waals surface area (Å²) in [5.41, 5.74) is 6.31. The largest absolute Gasteiger partial charge is 0.456 e. The Morgan fingerprint density at radius 2 is 1.92 bits per heavy atom. The summed E-state index contributed by atoms with van der Waals surface area (Å²) < 4.78 is 5.65. The number of hydrogen-bond donors (Lipinski definition) is 2. The molecule has 5 nitrogen and oxygen atoms in total. The van der Waals surface area contributed by atoms with Gasteiger partial charge in [-0.1, -0.05) is 19.8 Å². The number of nitrogens with one attached hydrogen (secondary N) is 1. The topological polar surface area (TPSA) is 77.2 Å². The number of pyridine rings is 1. The van der Waals surface area contributed by atoms with Gasteiger partial charge in [-0.25, -0.2) is 0 Å². The normalized spacial score (nSPS) is 10.8. The molecule has 1 amide bonds. The molecule has 0 spiro atoms. The lowest BCUT2D eigenvalue weighted by Gasteiger charge is -2.16. The lowest BCUT2D eigenvalue weighted by Crippen LogP contribution is -2.40. The molecule has 0 saturated heterocycles. The van der Waals surface area contributed by atoms with Gasteiger partial charge in [-0.3, -0.25) is 9.78 Å². The zero-order chi connectivity index (χ0) is 16.5. The van der Waals surface area contributed by atoms with Gasteiger partial charge in [-0.15, -0.1) is 24.8 Å². The summed E-state index contributed by atoms with van der Waals surface area (Å²) in [6.45, 7) is 2.57. The molecule has 0 saturated carbocycles. The van der Waals surface area contributed by atoms with Crippen LogP contribution in [0, 0.1) is 0 Å². The number of rotatable bonds is 8. The Morgan fingerprint density at radius 1 is 1.20 bits per heavy atom. The second-order valence-corrected chi connectivity index (χ2v) is 5.36. The average Bonchev–Trinajstić information content (AvgIpc) is 2.60. The van der Waals surface area contributed by atoms with E-state index in [1.807, 2.05) is 6.07 Å². The molecule has 1 aromatic heterocycles. The molecule has 25 heavy (non-hydrogen) atoms. The molecular weight excluding hydrogens is 361 g/mol. The van der Waals surface area contributed by atoms with E-state index in [9.17, 15) is 4.79 Å². The van der Waals surface area contributed by atoms with E-state index in [0.29, 0.717) is 23.6 Å². The zero-order valence-electron chi connectivity index (χ0n) is 14.2. The molecule has 1 heterocycles. The predicted octanol–water partition coefficient (Wildman–Crippen LogP) is 3.96. The van der Waals surface area contributed by atoms with Crippen LogP contribution >= 0.6 is 24.8 Å². The molecule has 2 aromatic rings. The van der Waals surface area contributed by atoms with Crippen LogP contribution in [0.1, 0.15) is 36.5 Å². The van der Waals surface area contributed by atoms with Crippen molar-refractivity contribution in [2.75, 3.05) is 6.54 Å². The van der Waals surface area contributed by atoms with E-state index in [1.165, 1.54) is 0 Å². The first kappa shape index (κ1) is 23.2. The smallest absolute Gasteiger partial charge is 0.251 e. The number of benzene rings is 1. The van der Waals surface area contributed by atoms with Gasteiger partial charge in [0.05, 0.1) is 6.20 Å². The Kier molecular flexibility index (Phi) is 11.6. The molecule has 0 aliphatic heterocycles. The first-order valence-corrected chi connectivity index (χ1v) is 7.91. The monoisotopic (exact) mass is 385 g/mol. The number of ether oxygens (including phenoxy) is 1. The number of halogens is 2. The number of unbranched alkanes of at least 4 members (excludes halogenated alkanes) is 1. The highest BCUT2D eigenvalue weighted by Crippen LogP contribution is 2.20. The molecule has 7 heteroatoms. The number of amides is 1. The minimum atomic E-state index is -0.107. The van der Waals surface area contributed by atoms with Crippen LogP contribution in [0.5, 0.6) is 11.5 Å². The molecule has 0 aliphatic carbocycles. The first-order chi connectivity index (χ1) is 11.2. The number of nitrogens with two attached hydrogens (primary N) is 1. The lowest BCUT2D eigenvalue weighted by molar-refractivity contribution is 0.0936. The molecule has 1 unspecified atom stereocenters. The van der Waals surface area contributed by atoms with Crippen LogP contribution in [0.3, 0.4) is 0 Å². The van der Waals surface area contributed by atoms with E-state index in [4.69, 9.17) is 10.5 Å². The number of hydrogen-bond acceptors (Lipinski definition) is 4. The Balaban J connectivity index is 0.00000288. The molecule has 1 aromatic carbocycles. The van der Waals surface area contributed by atoms with Crippen LogP contribution in [0.25, 0.3) is 0 Å². The summed E-state index contributed by atoms with van der Waals surface area (Å²) in [5, 5.41) is 2.97. The summed E-state index contributed by atoms with van der Waals surface area (Å²) in [5.74, 6) is 1.22. The Morgan fingerprint density at radius 3 is 2.48 bits per heavy atom. The standard InChI is InChI=1S/C18H23N3O2.2ClH/c1-2-3-5-15(12-19)21-18(22)14-7-9-16(10-8-14)23-17-6-4-11-20-13-17;;/h4,6-11,13,15H,2-3,5,12,19H2,1H3,(H,21,22);2*1H. The van der Waals surface area contributed by atoms with Gasteiger partial charge >= 0.3 is 0 Å². The van der Waals surface area contributed by atoms with Gasteiger partial charge in [0.25, 0.3) is 5.91 Å². The second kappa shape index (κ2) is 12.5. The molecule has 1 atom stereocenters. The number of aromatic nitrogens is 1. The molecule has 0 aliphatic rings. The average molecular weight is 386 g/mol. The third-order valence-corrected chi connectivity index (χ3v) is 3.51. The van der Waals surface area contributed by atoms with Gasteiger partial charge in [-0.2, -0.15) is 0 Å². The molecular formula is C18H25Cl2N3O2. The van der Waals surface area contributed by atoms with E-state index >= 15 is 0 Å². The van der Waals surface area contributed by atoms with Crippen LogP contribution in [-0.2, 0) is 0 Å². The van der Waals surface area contributed by atoms with Crippen LogP contribution in [0.2, 0.25) is 0 Å². The van der Waals surface area contributed by atoms with Gasteiger partial charge < -0.3 is 15.8 Å². The molecule has 0 fully saturated rings. The van der Waals surface area contributed by atoms with Gasteiger partial charge in [0.15, 0.2) is 0 Å². The fourth-order valence-corrected chi connectivity index (χ4v) is 2.19. The fourth-order valence-electron chi connectivity index (χ4n) is 2.19. The SMILES string of the molecule is CCCCC(CN)NC(=O)c1ccc(Oc2cccnc2)cc1.Cl.Cl. The summed E-state index contributed by atoms with van der Waals surface area (Å²) in [7, 11) is 0. The van der Waals surface area contributed by atoms with Crippen LogP contribution < -0.4 is 15.8 Å². The maximum Gasteiger partial charge on any atom is 0.251 e. The van der Waals surface area contributed by atoms with Crippen molar-refractivity contribution in [2.45, 2.75) is 32.2 Å². The highest BCUT2D eigenvalue weighted by molar-refractivity contribution is 5.94. The highest BCUT2D eigenvalue weighted by atomic mass is 35.5. The van der Waals surface area contributed by atoms with Gasteiger partial charge in [0, 0.05) is 24.3 Å². The number of nitrogens with zero attached hydrogens (tertiary/aromatic N) is 1. The van der Waals surface area contributed by atoms with Crippen LogP contribution in [-0.4, -0.2) is 23.5 Å². The quantitative estimate of drug-likeness (QED) is 0.720. The van der Waals surface area contributed by atoms with Crippen molar-refractivity contribution in [3.8, 4) is 11.5 Å². The zero-order valence-corrected chi connectivity index (χ0v) is 15.8. The third-order valence-electron chi connectivity index (χ3n) is 3.51. The van der Waals surface area contributed by atoms with Crippen LogP contribution in [0.4, 0.5) is 0 Å². The van der Waals surface area contributed by atoms with Crippen molar-refractivity contribution in [1.82, 2.24) is 10.3 Å². The lowest BCUT2D eigenvalue weighted by atomic mass is 10.1. The van der Waals surface area contributed by atoms with Crippen molar-refractivity contribution < 1.29 is 9.53 Å². The minimum Gasteiger partial charge on any atom is -0.456 e. The molecule has 2 rings (SSSR count). The van der Waals surface area contributed by atoms with E-state index < -0.39 is 0 Å². The maximum absolute atomic E-state index is 12.2. The third kappa shape index (κ3) is 7.73. The van der Waals surface area contributed by atoms with Gasteiger partial charge in [-0.05, 0) is 42.8 Å². The van der Waals surface area contributed by atoms with Gasteiger partial charge in [0.1, 0.15) is 11.5 Å². The minimum absolute atomic E-state index is 0. The molecule has 138 valence electrons. The van der Waals surface area contributed by atoms with Crippen molar-refractivity contribution >= 4 is 30.7 Å². The maximum atomic E-state index is 12.2. The summed E-state index contributed by atoms with van der Waals surface area (Å²) in [4.78, 5) is 16.2. The van der Waals surface area contributed by atoms with Crippen molar-refractivity contribution in [2.24, 2.45) is 5.73 Å². The molecule has 3 N–H and O–H groups in total. The summed E-state index contributed by atoms with van der Waals surface area (Å²) >= 11 is 0. The van der Waals surface area contributed by atoms with Crippen molar-refractivity contribution in [3.05, 3.63) is 54.4 Å².